The summed E-state index contributed by atoms with van der Waals surface area (Å²) in [6.45, 7) is 1.92. The molecule has 0 bridgehead atoms. The van der Waals surface area contributed by atoms with Crippen molar-refractivity contribution in [2.24, 2.45) is 0 Å². The zero-order chi connectivity index (χ0) is 10.6. The lowest BCUT2D eigenvalue weighted by molar-refractivity contribution is 0.365. The fourth-order valence-electron chi connectivity index (χ4n) is 1.22. The molecule has 3 heteroatoms. The summed E-state index contributed by atoms with van der Waals surface area (Å²) in [6.07, 6.45) is 3.79. The van der Waals surface area contributed by atoms with Gasteiger partial charge in [-0.25, -0.2) is 0 Å². The molecule has 1 N–H and O–H groups in total. The SMILES string of the molecule is C/C=C/c1cc(OC)c(O)cc1OC. The summed E-state index contributed by atoms with van der Waals surface area (Å²) in [5.41, 5.74) is 0.879. The highest BCUT2D eigenvalue weighted by atomic mass is 16.5. The molecule has 0 fully saturated rings. The van der Waals surface area contributed by atoms with E-state index in [1.807, 2.05) is 19.1 Å². The Balaban J connectivity index is 3.24. The minimum atomic E-state index is 0.0811. The summed E-state index contributed by atoms with van der Waals surface area (Å²) < 4.78 is 10.1. The van der Waals surface area contributed by atoms with Crippen LogP contribution in [-0.2, 0) is 0 Å². The van der Waals surface area contributed by atoms with Crippen LogP contribution in [0.4, 0.5) is 0 Å². The number of allylic oxidation sites excluding steroid dienone is 1. The van der Waals surface area contributed by atoms with E-state index in [9.17, 15) is 5.11 Å². The van der Waals surface area contributed by atoms with Gasteiger partial charge in [-0.1, -0.05) is 12.2 Å². The third-order valence-corrected chi connectivity index (χ3v) is 1.88. The Labute approximate surface area is 83.6 Å². The van der Waals surface area contributed by atoms with Crippen LogP contribution in [0.1, 0.15) is 12.5 Å². The summed E-state index contributed by atoms with van der Waals surface area (Å²) in [5, 5.41) is 9.49. The average molecular weight is 194 g/mol. The maximum Gasteiger partial charge on any atom is 0.161 e. The van der Waals surface area contributed by atoms with Crippen molar-refractivity contribution in [1.29, 1.82) is 0 Å². The van der Waals surface area contributed by atoms with Gasteiger partial charge in [0.15, 0.2) is 11.5 Å². The van der Waals surface area contributed by atoms with Crippen LogP contribution in [-0.4, -0.2) is 19.3 Å². The number of phenolic OH excluding ortho intramolecular Hbond substituents is 1. The van der Waals surface area contributed by atoms with Crippen molar-refractivity contribution >= 4 is 6.08 Å². The summed E-state index contributed by atoms with van der Waals surface area (Å²) in [6, 6.07) is 3.27. The molecule has 0 aromatic heterocycles. The minimum Gasteiger partial charge on any atom is -0.504 e. The zero-order valence-electron chi connectivity index (χ0n) is 8.57. The van der Waals surface area contributed by atoms with Gasteiger partial charge in [0.25, 0.3) is 0 Å². The minimum absolute atomic E-state index is 0.0811. The molecule has 1 aromatic rings. The molecular weight excluding hydrogens is 180 g/mol. The second-order valence-corrected chi connectivity index (χ2v) is 2.77. The van der Waals surface area contributed by atoms with Crippen LogP contribution in [0.2, 0.25) is 0 Å². The van der Waals surface area contributed by atoms with Crippen LogP contribution >= 0.6 is 0 Å². The van der Waals surface area contributed by atoms with Gasteiger partial charge in [0, 0.05) is 11.6 Å². The van der Waals surface area contributed by atoms with E-state index in [0.29, 0.717) is 11.5 Å². The van der Waals surface area contributed by atoms with Crippen LogP contribution in [0, 0.1) is 0 Å². The Bertz CT molecular complexity index is 343. The van der Waals surface area contributed by atoms with Crippen molar-refractivity contribution < 1.29 is 14.6 Å². The molecule has 0 amide bonds. The zero-order valence-corrected chi connectivity index (χ0v) is 8.57. The van der Waals surface area contributed by atoms with E-state index in [2.05, 4.69) is 0 Å². The van der Waals surface area contributed by atoms with Crippen molar-refractivity contribution in [1.82, 2.24) is 0 Å². The largest absolute Gasteiger partial charge is 0.504 e. The Morgan fingerprint density at radius 3 is 2.29 bits per heavy atom. The van der Waals surface area contributed by atoms with Gasteiger partial charge in [0.05, 0.1) is 14.2 Å². The smallest absolute Gasteiger partial charge is 0.161 e. The quantitative estimate of drug-likeness (QED) is 0.803. The van der Waals surface area contributed by atoms with Crippen LogP contribution < -0.4 is 9.47 Å². The molecule has 0 aliphatic heterocycles. The highest BCUT2D eigenvalue weighted by molar-refractivity contribution is 5.62. The van der Waals surface area contributed by atoms with Crippen molar-refractivity contribution in [2.75, 3.05) is 14.2 Å². The van der Waals surface area contributed by atoms with Gasteiger partial charge in [0.2, 0.25) is 0 Å². The number of hydrogen-bond acceptors (Lipinski definition) is 3. The van der Waals surface area contributed by atoms with Crippen LogP contribution in [0.15, 0.2) is 18.2 Å². The van der Waals surface area contributed by atoms with Gasteiger partial charge >= 0.3 is 0 Å². The summed E-state index contributed by atoms with van der Waals surface area (Å²) in [5.74, 6) is 1.15. The lowest BCUT2D eigenvalue weighted by Crippen LogP contribution is -1.90. The third kappa shape index (κ3) is 1.99. The maximum absolute atomic E-state index is 9.49. The molecule has 1 rings (SSSR count). The Morgan fingerprint density at radius 2 is 1.79 bits per heavy atom. The highest BCUT2D eigenvalue weighted by Gasteiger charge is 2.07. The number of rotatable bonds is 3. The average Bonchev–Trinajstić information content (AvgIpc) is 2.20. The van der Waals surface area contributed by atoms with Crippen LogP contribution in [0.5, 0.6) is 17.2 Å². The van der Waals surface area contributed by atoms with Crippen molar-refractivity contribution in [3.05, 3.63) is 23.8 Å². The molecule has 76 valence electrons. The van der Waals surface area contributed by atoms with E-state index in [1.165, 1.54) is 13.2 Å². The fourth-order valence-corrected chi connectivity index (χ4v) is 1.22. The van der Waals surface area contributed by atoms with Gasteiger partial charge in [0.1, 0.15) is 5.75 Å². The predicted molar refractivity (Wildman–Crippen MR) is 55.9 cm³/mol. The molecule has 1 aromatic carbocycles. The molecule has 0 atom stereocenters. The van der Waals surface area contributed by atoms with Crippen molar-refractivity contribution in [3.8, 4) is 17.2 Å². The molecule has 0 radical (unpaired) electrons. The van der Waals surface area contributed by atoms with Gasteiger partial charge in [-0.05, 0) is 13.0 Å². The Hall–Kier alpha value is -1.64. The first kappa shape index (κ1) is 10.4. The first-order valence-corrected chi connectivity index (χ1v) is 4.30. The van der Waals surface area contributed by atoms with Gasteiger partial charge < -0.3 is 14.6 Å². The summed E-state index contributed by atoms with van der Waals surface area (Å²) in [7, 11) is 3.08. The molecule has 14 heavy (non-hydrogen) atoms. The molecule has 0 unspecified atom stereocenters. The molecule has 0 aliphatic carbocycles. The number of aromatic hydroxyl groups is 1. The highest BCUT2D eigenvalue weighted by Crippen LogP contribution is 2.34. The second kappa shape index (κ2) is 4.56. The van der Waals surface area contributed by atoms with E-state index in [0.717, 1.165) is 5.56 Å². The fraction of sp³-hybridized carbons (Fsp3) is 0.273. The molecule has 0 heterocycles. The second-order valence-electron chi connectivity index (χ2n) is 2.77. The van der Waals surface area contributed by atoms with E-state index in [-0.39, 0.29) is 5.75 Å². The number of phenols is 1. The van der Waals surface area contributed by atoms with E-state index in [1.54, 1.807) is 13.2 Å². The number of hydrogen-bond donors (Lipinski definition) is 1. The number of benzene rings is 1. The molecule has 0 saturated heterocycles. The topological polar surface area (TPSA) is 38.7 Å². The van der Waals surface area contributed by atoms with Gasteiger partial charge in [-0.15, -0.1) is 0 Å². The molecule has 0 spiro atoms. The lowest BCUT2D eigenvalue weighted by Gasteiger charge is -2.09. The molecule has 3 nitrogen and oxygen atoms in total. The monoisotopic (exact) mass is 194 g/mol. The number of methoxy groups -OCH3 is 2. The number of ether oxygens (including phenoxy) is 2. The summed E-state index contributed by atoms with van der Waals surface area (Å²) in [4.78, 5) is 0. The lowest BCUT2D eigenvalue weighted by atomic mass is 10.1. The van der Waals surface area contributed by atoms with E-state index < -0.39 is 0 Å². The first-order valence-electron chi connectivity index (χ1n) is 4.30. The summed E-state index contributed by atoms with van der Waals surface area (Å²) >= 11 is 0. The molecule has 0 aliphatic rings. The van der Waals surface area contributed by atoms with Gasteiger partial charge in [-0.2, -0.15) is 0 Å². The maximum atomic E-state index is 9.49. The standard InChI is InChI=1S/C11H14O3/c1-4-5-8-6-11(14-3)9(12)7-10(8)13-2/h4-7,12H,1-3H3/b5-4+. The first-order chi connectivity index (χ1) is 6.72. The Kier molecular flexibility index (Phi) is 3.40. The third-order valence-electron chi connectivity index (χ3n) is 1.88. The van der Waals surface area contributed by atoms with Gasteiger partial charge in [-0.3, -0.25) is 0 Å². The van der Waals surface area contributed by atoms with E-state index in [4.69, 9.17) is 9.47 Å². The van der Waals surface area contributed by atoms with Crippen molar-refractivity contribution in [3.63, 3.8) is 0 Å². The molecular formula is C11H14O3. The predicted octanol–water partition coefficient (Wildman–Crippen LogP) is 2.44. The molecule has 0 saturated carbocycles. The van der Waals surface area contributed by atoms with Crippen molar-refractivity contribution in [2.45, 2.75) is 6.92 Å². The Morgan fingerprint density at radius 1 is 1.14 bits per heavy atom. The van der Waals surface area contributed by atoms with E-state index >= 15 is 0 Å². The van der Waals surface area contributed by atoms with Crippen LogP contribution in [0.25, 0.3) is 6.08 Å². The van der Waals surface area contributed by atoms with Crippen LogP contribution in [0.3, 0.4) is 0 Å². The normalized spacial score (nSPS) is 10.5.